The van der Waals surface area contributed by atoms with Crippen LogP contribution in [0.4, 0.5) is 20.2 Å². The van der Waals surface area contributed by atoms with Crippen LogP contribution in [-0.4, -0.2) is 47.5 Å². The van der Waals surface area contributed by atoms with E-state index in [0.29, 0.717) is 28.4 Å². The smallest absolute Gasteiger partial charge is 0.224 e. The van der Waals surface area contributed by atoms with Crippen LogP contribution >= 0.6 is 23.2 Å². The molecule has 0 unspecified atom stereocenters. The molecule has 0 aromatic heterocycles. The molecule has 0 aliphatic carbocycles. The number of aliphatic hydroxyl groups is 2. The lowest BCUT2D eigenvalue weighted by molar-refractivity contribution is -0.116. The molecule has 2 aromatic carbocycles. The van der Waals surface area contributed by atoms with E-state index in [4.69, 9.17) is 27.9 Å². The van der Waals surface area contributed by atoms with E-state index in [1.165, 1.54) is 4.90 Å². The molecule has 31 heavy (non-hydrogen) atoms. The van der Waals surface area contributed by atoms with Crippen molar-refractivity contribution in [2.24, 2.45) is 0 Å². The largest absolute Gasteiger partial charge is 0.490 e. The molecule has 166 valence electrons. The molecule has 4 rings (SSSR count). The number of fused-ring (bicyclic) bond motifs is 1. The Kier molecular flexibility index (Phi) is 6.00. The van der Waals surface area contributed by atoms with Crippen molar-refractivity contribution in [2.45, 2.75) is 31.0 Å². The van der Waals surface area contributed by atoms with E-state index in [0.717, 1.165) is 12.1 Å². The molecular formula is C21H20Cl2F2N2O4. The molecule has 0 saturated carbocycles. The predicted molar refractivity (Wildman–Crippen MR) is 113 cm³/mol. The van der Waals surface area contributed by atoms with Gasteiger partial charge in [0.1, 0.15) is 29.7 Å². The fourth-order valence-electron chi connectivity index (χ4n) is 3.94. The maximum atomic E-state index is 14.2. The number of ether oxygens (including phenoxy) is 1. The van der Waals surface area contributed by atoms with E-state index in [2.05, 4.69) is 5.32 Å². The van der Waals surface area contributed by atoms with Crippen LogP contribution in [0.1, 0.15) is 18.4 Å². The van der Waals surface area contributed by atoms with Gasteiger partial charge in [-0.3, -0.25) is 4.79 Å². The van der Waals surface area contributed by atoms with Crippen LogP contribution in [0.3, 0.4) is 0 Å². The van der Waals surface area contributed by atoms with Gasteiger partial charge in [-0.15, -0.1) is 0 Å². The van der Waals surface area contributed by atoms with Crippen molar-refractivity contribution in [2.75, 3.05) is 29.9 Å². The molecule has 0 spiro atoms. The summed E-state index contributed by atoms with van der Waals surface area (Å²) < 4.78 is 34.3. The summed E-state index contributed by atoms with van der Waals surface area (Å²) in [6.45, 7) is -0.332. The van der Waals surface area contributed by atoms with Crippen LogP contribution in [0, 0.1) is 11.6 Å². The van der Waals surface area contributed by atoms with Gasteiger partial charge in [-0.1, -0.05) is 23.2 Å². The second-order valence-electron chi connectivity index (χ2n) is 7.77. The molecule has 2 aromatic rings. The number of rotatable bonds is 4. The van der Waals surface area contributed by atoms with E-state index in [9.17, 15) is 23.8 Å². The first kappa shape index (κ1) is 22.1. The summed E-state index contributed by atoms with van der Waals surface area (Å²) >= 11 is 11.8. The first-order valence-corrected chi connectivity index (χ1v) is 10.5. The summed E-state index contributed by atoms with van der Waals surface area (Å²) in [6.07, 6.45) is -0.592. The summed E-state index contributed by atoms with van der Waals surface area (Å²) in [7, 11) is 0. The SMILES string of the molecule is O=C1CCc2c(OC[C@@]3(O)CCN(c4c(F)cc(Cl)cc4F)C[C@@H]3O)ccc(Cl)c2N1. The lowest BCUT2D eigenvalue weighted by atomic mass is 9.89. The molecule has 10 heteroatoms. The summed E-state index contributed by atoms with van der Waals surface area (Å²) in [4.78, 5) is 13.0. The first-order valence-electron chi connectivity index (χ1n) is 9.72. The van der Waals surface area contributed by atoms with Gasteiger partial charge in [0.05, 0.1) is 10.7 Å². The number of carbonyl (C=O) groups is 1. The lowest BCUT2D eigenvalue weighted by Gasteiger charge is -2.42. The molecular weight excluding hydrogens is 453 g/mol. The highest BCUT2D eigenvalue weighted by Crippen LogP contribution is 2.38. The molecule has 2 atom stereocenters. The van der Waals surface area contributed by atoms with Crippen molar-refractivity contribution in [3.05, 3.63) is 51.5 Å². The third-order valence-corrected chi connectivity index (χ3v) is 6.22. The average Bonchev–Trinajstić information content (AvgIpc) is 2.70. The summed E-state index contributed by atoms with van der Waals surface area (Å²) in [6, 6.07) is 5.22. The Balaban J connectivity index is 1.48. The highest BCUT2D eigenvalue weighted by molar-refractivity contribution is 6.34. The zero-order chi connectivity index (χ0) is 22.3. The Bertz CT molecular complexity index is 1020. The Morgan fingerprint density at radius 3 is 2.61 bits per heavy atom. The number of carbonyl (C=O) groups excluding carboxylic acids is 1. The summed E-state index contributed by atoms with van der Waals surface area (Å²) in [5.41, 5.74) is -0.728. The van der Waals surface area contributed by atoms with E-state index in [1.54, 1.807) is 12.1 Å². The molecule has 2 aliphatic heterocycles. The van der Waals surface area contributed by atoms with Gasteiger partial charge in [0.25, 0.3) is 0 Å². The number of nitrogens with zero attached hydrogens (tertiary/aromatic N) is 1. The molecule has 2 heterocycles. The van der Waals surface area contributed by atoms with Crippen molar-refractivity contribution in [1.29, 1.82) is 0 Å². The van der Waals surface area contributed by atoms with Crippen molar-refractivity contribution in [1.82, 2.24) is 0 Å². The third kappa shape index (κ3) is 4.30. The van der Waals surface area contributed by atoms with Gasteiger partial charge in [-0.25, -0.2) is 8.78 Å². The van der Waals surface area contributed by atoms with Crippen LogP contribution in [0.25, 0.3) is 0 Å². The van der Waals surface area contributed by atoms with E-state index in [1.807, 2.05) is 0 Å². The summed E-state index contributed by atoms with van der Waals surface area (Å²) in [5.74, 6) is -1.38. The van der Waals surface area contributed by atoms with Crippen molar-refractivity contribution >= 4 is 40.5 Å². The molecule has 2 aliphatic rings. The lowest BCUT2D eigenvalue weighted by Crippen LogP contribution is -2.58. The topological polar surface area (TPSA) is 82.0 Å². The van der Waals surface area contributed by atoms with E-state index < -0.39 is 23.3 Å². The van der Waals surface area contributed by atoms with Crippen LogP contribution in [0.2, 0.25) is 10.0 Å². The summed E-state index contributed by atoms with van der Waals surface area (Å²) in [5, 5.41) is 24.5. The number of β-amino-alcohol motifs (C(OH)–C–C–N with tert-alkyl or cyclic N) is 1. The molecule has 6 nitrogen and oxygen atoms in total. The average molecular weight is 473 g/mol. The predicted octanol–water partition coefficient (Wildman–Crippen LogP) is 3.54. The maximum Gasteiger partial charge on any atom is 0.224 e. The molecule has 1 fully saturated rings. The number of amides is 1. The van der Waals surface area contributed by atoms with Crippen LogP contribution in [0.15, 0.2) is 24.3 Å². The fourth-order valence-corrected chi connectivity index (χ4v) is 4.35. The Morgan fingerprint density at radius 1 is 1.23 bits per heavy atom. The number of piperidine rings is 1. The second kappa shape index (κ2) is 8.43. The van der Waals surface area contributed by atoms with Crippen LogP contribution < -0.4 is 15.0 Å². The van der Waals surface area contributed by atoms with Gasteiger partial charge in [0, 0.05) is 30.1 Å². The molecule has 1 saturated heterocycles. The Labute approximate surface area is 187 Å². The van der Waals surface area contributed by atoms with E-state index >= 15 is 0 Å². The van der Waals surface area contributed by atoms with Gasteiger partial charge in [0.2, 0.25) is 5.91 Å². The van der Waals surface area contributed by atoms with Crippen molar-refractivity contribution in [3.63, 3.8) is 0 Å². The minimum absolute atomic E-state index is 0.0161. The minimum Gasteiger partial charge on any atom is -0.490 e. The standard InChI is InChI=1S/C21H20Cl2F2N2O4/c22-11-7-14(24)20(15(25)8-11)27-6-5-21(30,17(28)9-27)10-31-16-3-2-13(23)19-12(16)1-4-18(29)26-19/h2-3,7-8,17,28,30H,1,4-6,9-10H2,(H,26,29)/t17-,21-/m0/s1. The van der Waals surface area contributed by atoms with Gasteiger partial charge in [-0.2, -0.15) is 0 Å². The first-order chi connectivity index (χ1) is 14.7. The zero-order valence-electron chi connectivity index (χ0n) is 16.3. The van der Waals surface area contributed by atoms with Crippen molar-refractivity contribution in [3.8, 4) is 5.75 Å². The maximum absolute atomic E-state index is 14.2. The molecule has 0 bridgehead atoms. The molecule has 1 amide bonds. The van der Waals surface area contributed by atoms with Gasteiger partial charge in [0.15, 0.2) is 11.6 Å². The number of anilines is 2. The quantitative estimate of drug-likeness (QED) is 0.633. The van der Waals surface area contributed by atoms with Crippen LogP contribution in [-0.2, 0) is 11.2 Å². The van der Waals surface area contributed by atoms with Crippen LogP contribution in [0.5, 0.6) is 5.75 Å². The highest BCUT2D eigenvalue weighted by Gasteiger charge is 2.43. The number of nitrogens with one attached hydrogen (secondary N) is 1. The fraction of sp³-hybridized carbons (Fsp3) is 0.381. The van der Waals surface area contributed by atoms with Gasteiger partial charge in [-0.05, 0) is 37.1 Å². The number of halogens is 4. The third-order valence-electron chi connectivity index (χ3n) is 5.69. The normalized spacial score (nSPS) is 23.4. The Morgan fingerprint density at radius 2 is 1.94 bits per heavy atom. The van der Waals surface area contributed by atoms with E-state index in [-0.39, 0.29) is 49.2 Å². The van der Waals surface area contributed by atoms with Gasteiger partial charge >= 0.3 is 0 Å². The molecule has 0 radical (unpaired) electrons. The Hall–Kier alpha value is -2.13. The number of hydrogen-bond acceptors (Lipinski definition) is 5. The number of benzene rings is 2. The second-order valence-corrected chi connectivity index (χ2v) is 8.61. The zero-order valence-corrected chi connectivity index (χ0v) is 17.8. The highest BCUT2D eigenvalue weighted by atomic mass is 35.5. The minimum atomic E-state index is -1.62. The number of aliphatic hydroxyl groups excluding tert-OH is 1. The van der Waals surface area contributed by atoms with Crippen molar-refractivity contribution < 1.29 is 28.5 Å². The van der Waals surface area contributed by atoms with Gasteiger partial charge < -0.3 is 25.2 Å². The molecule has 3 N–H and O–H groups in total. The number of hydrogen-bond donors (Lipinski definition) is 3. The monoisotopic (exact) mass is 472 g/mol.